The van der Waals surface area contributed by atoms with Crippen LogP contribution < -0.4 is 4.90 Å². The monoisotopic (exact) mass is 348 g/mol. The Morgan fingerprint density at radius 3 is 2.86 bits per heavy atom. The molecule has 0 spiro atoms. The molecule has 5 nitrogen and oxygen atoms in total. The van der Waals surface area contributed by atoms with Crippen LogP contribution in [-0.4, -0.2) is 45.4 Å². The summed E-state index contributed by atoms with van der Waals surface area (Å²) in [4.78, 5) is 13.3. The van der Waals surface area contributed by atoms with Gasteiger partial charge in [0.2, 0.25) is 5.28 Å². The van der Waals surface area contributed by atoms with E-state index in [1.54, 1.807) is 4.90 Å². The minimum absolute atomic E-state index is 0.0356. The number of nitrogens with zero attached hydrogens (tertiary/aromatic N) is 4. The Morgan fingerprint density at radius 2 is 2.09 bits per heavy atom. The summed E-state index contributed by atoms with van der Waals surface area (Å²) in [5.41, 5.74) is -0.0504. The third-order valence-electron chi connectivity index (χ3n) is 3.63. The van der Waals surface area contributed by atoms with Gasteiger partial charge in [-0.05, 0) is 24.4 Å². The first-order valence-electron chi connectivity index (χ1n) is 6.71. The molecule has 2 atom stereocenters. The number of hydrogen-bond acceptors (Lipinski definition) is 5. The van der Waals surface area contributed by atoms with Crippen LogP contribution in [0.2, 0.25) is 10.4 Å². The molecule has 1 aliphatic heterocycles. The Bertz CT molecular complexity index is 718. The molecule has 1 aliphatic rings. The lowest BCUT2D eigenvalue weighted by Gasteiger charge is -2.24. The molecule has 118 valence electrons. The first kappa shape index (κ1) is 15.6. The second kappa shape index (κ2) is 6.06. The zero-order chi connectivity index (χ0) is 15.9. The van der Waals surface area contributed by atoms with Crippen molar-refractivity contribution in [1.29, 1.82) is 0 Å². The molecule has 0 aliphatic carbocycles. The maximum atomic E-state index is 14.1. The average Bonchev–Trinajstić information content (AvgIpc) is 2.65. The molecule has 0 saturated carbocycles. The number of rotatable bonds is 1. The van der Waals surface area contributed by atoms with E-state index >= 15 is 0 Å². The van der Waals surface area contributed by atoms with Gasteiger partial charge in [0.15, 0.2) is 11.0 Å². The Hall–Kier alpha value is -1.31. The van der Waals surface area contributed by atoms with Gasteiger partial charge in [0.25, 0.3) is 0 Å². The van der Waals surface area contributed by atoms with Gasteiger partial charge < -0.3 is 10.0 Å². The van der Waals surface area contributed by atoms with Crippen molar-refractivity contribution in [2.24, 2.45) is 0 Å². The van der Waals surface area contributed by atoms with E-state index in [1.165, 1.54) is 6.20 Å². The molecule has 3 rings (SSSR count). The summed E-state index contributed by atoms with van der Waals surface area (Å²) < 4.78 is 27.7. The number of alkyl halides is 1. The van der Waals surface area contributed by atoms with Crippen LogP contribution in [0.3, 0.4) is 0 Å². The van der Waals surface area contributed by atoms with Gasteiger partial charge in [-0.15, -0.1) is 0 Å². The van der Waals surface area contributed by atoms with Crippen molar-refractivity contribution >= 4 is 39.9 Å². The number of hydrogen-bond donors (Lipinski definition) is 1. The SMILES string of the molecule is OC1CN(c2nc(Cl)nc3c(F)c(Cl)ncc23)CCCC1F. The van der Waals surface area contributed by atoms with Crippen LogP contribution in [0, 0.1) is 5.82 Å². The van der Waals surface area contributed by atoms with Crippen LogP contribution in [0.25, 0.3) is 10.9 Å². The summed E-state index contributed by atoms with van der Waals surface area (Å²) in [5.74, 6) is -0.477. The maximum absolute atomic E-state index is 14.1. The number of halogens is 4. The predicted molar refractivity (Wildman–Crippen MR) is 79.7 cm³/mol. The Morgan fingerprint density at radius 1 is 1.32 bits per heavy atom. The molecule has 2 unspecified atom stereocenters. The van der Waals surface area contributed by atoms with Gasteiger partial charge >= 0.3 is 0 Å². The van der Waals surface area contributed by atoms with Gasteiger partial charge in [-0.25, -0.2) is 18.7 Å². The van der Waals surface area contributed by atoms with Crippen molar-refractivity contribution < 1.29 is 13.9 Å². The lowest BCUT2D eigenvalue weighted by Crippen LogP contribution is -2.35. The Labute approximate surface area is 134 Å². The van der Waals surface area contributed by atoms with Crippen LogP contribution in [0.4, 0.5) is 14.6 Å². The lowest BCUT2D eigenvalue weighted by atomic mass is 10.1. The van der Waals surface area contributed by atoms with Crippen LogP contribution in [-0.2, 0) is 0 Å². The van der Waals surface area contributed by atoms with E-state index < -0.39 is 18.1 Å². The standard InChI is InChI=1S/C13H12Cl2F2N4O/c14-11-9(17)10-6(4-18-11)12(20-13(15)19-10)21-3-1-2-7(16)8(22)5-21/h4,7-8,22H,1-3,5H2. The first-order chi connectivity index (χ1) is 10.5. The van der Waals surface area contributed by atoms with Crippen molar-refractivity contribution in [3.63, 3.8) is 0 Å². The van der Waals surface area contributed by atoms with E-state index in [0.717, 1.165) is 0 Å². The highest BCUT2D eigenvalue weighted by atomic mass is 35.5. The van der Waals surface area contributed by atoms with E-state index in [4.69, 9.17) is 23.2 Å². The third-order valence-corrected chi connectivity index (χ3v) is 4.06. The molecule has 0 amide bonds. The topological polar surface area (TPSA) is 62.1 Å². The van der Waals surface area contributed by atoms with Crippen LogP contribution >= 0.6 is 23.2 Å². The van der Waals surface area contributed by atoms with E-state index in [2.05, 4.69) is 15.0 Å². The summed E-state index contributed by atoms with van der Waals surface area (Å²) >= 11 is 11.5. The van der Waals surface area contributed by atoms with E-state index in [-0.39, 0.29) is 28.9 Å². The molecule has 0 bridgehead atoms. The number of aliphatic hydroxyl groups is 1. The molecule has 2 aromatic rings. The average molecular weight is 349 g/mol. The first-order valence-corrected chi connectivity index (χ1v) is 7.47. The Balaban J connectivity index is 2.12. The van der Waals surface area contributed by atoms with Gasteiger partial charge in [0.05, 0.1) is 5.39 Å². The minimum Gasteiger partial charge on any atom is -0.388 e. The van der Waals surface area contributed by atoms with Crippen molar-refractivity contribution in [2.45, 2.75) is 25.1 Å². The summed E-state index contributed by atoms with van der Waals surface area (Å²) in [7, 11) is 0. The maximum Gasteiger partial charge on any atom is 0.225 e. The number of anilines is 1. The van der Waals surface area contributed by atoms with E-state index in [0.29, 0.717) is 24.2 Å². The van der Waals surface area contributed by atoms with E-state index in [1.807, 2.05) is 0 Å². The summed E-state index contributed by atoms with van der Waals surface area (Å²) in [6.07, 6.45) is -0.303. The van der Waals surface area contributed by atoms with Crippen LogP contribution in [0.15, 0.2) is 6.20 Å². The summed E-state index contributed by atoms with van der Waals surface area (Å²) in [5, 5.41) is 9.68. The van der Waals surface area contributed by atoms with Gasteiger partial charge in [-0.1, -0.05) is 11.6 Å². The van der Waals surface area contributed by atoms with Gasteiger partial charge in [0.1, 0.15) is 23.6 Å². The van der Waals surface area contributed by atoms with Crippen molar-refractivity contribution in [1.82, 2.24) is 15.0 Å². The highest BCUT2D eigenvalue weighted by molar-refractivity contribution is 6.30. The number of aromatic nitrogens is 3. The fourth-order valence-corrected chi connectivity index (χ4v) is 2.83. The molecule has 1 N–H and O–H groups in total. The molecule has 2 aromatic heterocycles. The van der Waals surface area contributed by atoms with Crippen LogP contribution in [0.5, 0.6) is 0 Å². The minimum atomic E-state index is -1.29. The summed E-state index contributed by atoms with van der Waals surface area (Å²) in [6, 6.07) is 0. The van der Waals surface area contributed by atoms with Crippen molar-refractivity contribution in [3.05, 3.63) is 22.5 Å². The number of β-amino-alcohol motifs (C(OH)–C–C–N with tert-alkyl or cyclic N) is 1. The van der Waals surface area contributed by atoms with Gasteiger partial charge in [-0.2, -0.15) is 4.98 Å². The lowest BCUT2D eigenvalue weighted by molar-refractivity contribution is 0.0846. The second-order valence-electron chi connectivity index (χ2n) is 5.11. The highest BCUT2D eigenvalue weighted by Gasteiger charge is 2.27. The zero-order valence-electron chi connectivity index (χ0n) is 11.3. The third kappa shape index (κ3) is 2.80. The predicted octanol–water partition coefficient (Wildman–Crippen LogP) is 2.77. The molecule has 0 radical (unpaired) electrons. The van der Waals surface area contributed by atoms with Crippen molar-refractivity contribution in [3.8, 4) is 0 Å². The molecule has 22 heavy (non-hydrogen) atoms. The fraction of sp³-hybridized carbons (Fsp3) is 0.462. The largest absolute Gasteiger partial charge is 0.388 e. The second-order valence-corrected chi connectivity index (χ2v) is 5.81. The smallest absolute Gasteiger partial charge is 0.225 e. The van der Waals surface area contributed by atoms with E-state index in [9.17, 15) is 13.9 Å². The highest BCUT2D eigenvalue weighted by Crippen LogP contribution is 2.30. The molecule has 9 heteroatoms. The zero-order valence-corrected chi connectivity index (χ0v) is 12.8. The fourth-order valence-electron chi connectivity index (χ4n) is 2.53. The Kier molecular flexibility index (Phi) is 4.29. The molecular weight excluding hydrogens is 337 g/mol. The molecule has 1 saturated heterocycles. The summed E-state index contributed by atoms with van der Waals surface area (Å²) in [6.45, 7) is 0.498. The number of fused-ring (bicyclic) bond motifs is 1. The van der Waals surface area contributed by atoms with Gasteiger partial charge in [0, 0.05) is 19.3 Å². The quantitative estimate of drug-likeness (QED) is 0.634. The van der Waals surface area contributed by atoms with Crippen molar-refractivity contribution in [2.75, 3.05) is 18.0 Å². The molecule has 3 heterocycles. The number of aliphatic hydroxyl groups excluding tert-OH is 1. The normalized spacial score (nSPS) is 22.9. The number of pyridine rings is 1. The van der Waals surface area contributed by atoms with Gasteiger partial charge in [-0.3, -0.25) is 0 Å². The van der Waals surface area contributed by atoms with Crippen LogP contribution in [0.1, 0.15) is 12.8 Å². The molecule has 0 aromatic carbocycles. The molecule has 1 fully saturated rings. The molecular formula is C13H12Cl2F2N4O.